The van der Waals surface area contributed by atoms with E-state index in [1.807, 2.05) is 11.0 Å². The third-order valence-corrected chi connectivity index (χ3v) is 3.36. The molecule has 1 heterocycles. The maximum absolute atomic E-state index is 12.3. The van der Waals surface area contributed by atoms with Crippen LogP contribution in [0.15, 0.2) is 24.3 Å². The Bertz CT molecular complexity index is 465. The first kappa shape index (κ1) is 13.6. The first-order valence-corrected chi connectivity index (χ1v) is 6.90. The van der Waals surface area contributed by atoms with Crippen LogP contribution in [0.25, 0.3) is 0 Å². The van der Waals surface area contributed by atoms with E-state index < -0.39 is 0 Å². The number of benzene rings is 1. The van der Waals surface area contributed by atoms with Crippen molar-refractivity contribution in [3.05, 3.63) is 29.8 Å². The zero-order valence-corrected chi connectivity index (χ0v) is 11.3. The summed E-state index contributed by atoms with van der Waals surface area (Å²) in [4.78, 5) is 25.6. The first-order chi connectivity index (χ1) is 9.20. The van der Waals surface area contributed by atoms with E-state index in [2.05, 4.69) is 5.32 Å². The predicted octanol–water partition coefficient (Wildman–Crippen LogP) is 2.66. The van der Waals surface area contributed by atoms with Crippen LogP contribution < -0.4 is 5.32 Å². The lowest BCUT2D eigenvalue weighted by Crippen LogP contribution is -2.35. The fourth-order valence-electron chi connectivity index (χ4n) is 2.26. The van der Waals surface area contributed by atoms with Crippen molar-refractivity contribution in [2.24, 2.45) is 0 Å². The molecule has 102 valence electrons. The number of likely N-dealkylation sites (tertiary alicyclic amines) is 1. The third kappa shape index (κ3) is 3.56. The van der Waals surface area contributed by atoms with Gasteiger partial charge in [0, 0.05) is 30.8 Å². The molecule has 0 radical (unpaired) electrons. The number of amides is 2. The van der Waals surface area contributed by atoms with Gasteiger partial charge in [-0.05, 0) is 37.5 Å². The summed E-state index contributed by atoms with van der Waals surface area (Å²) in [5, 5.41) is 2.78. The fraction of sp³-hybridized carbons (Fsp3) is 0.467. The van der Waals surface area contributed by atoms with Crippen molar-refractivity contribution in [1.82, 2.24) is 4.90 Å². The molecule has 1 aromatic rings. The first-order valence-electron chi connectivity index (χ1n) is 6.90. The largest absolute Gasteiger partial charge is 0.339 e. The highest BCUT2D eigenvalue weighted by Crippen LogP contribution is 2.16. The van der Waals surface area contributed by atoms with Crippen molar-refractivity contribution < 1.29 is 9.59 Å². The molecule has 1 aliphatic rings. The molecular weight excluding hydrogens is 240 g/mol. The monoisotopic (exact) mass is 260 g/mol. The van der Waals surface area contributed by atoms with E-state index in [-0.39, 0.29) is 11.8 Å². The summed E-state index contributed by atoms with van der Waals surface area (Å²) in [5.41, 5.74) is 1.34. The summed E-state index contributed by atoms with van der Waals surface area (Å²) in [6.07, 6.45) is 3.80. The molecule has 4 heteroatoms. The Morgan fingerprint density at radius 3 is 2.63 bits per heavy atom. The van der Waals surface area contributed by atoms with Crippen LogP contribution >= 0.6 is 0 Å². The second-order valence-electron chi connectivity index (χ2n) is 4.84. The van der Waals surface area contributed by atoms with Crippen molar-refractivity contribution in [1.29, 1.82) is 0 Å². The third-order valence-electron chi connectivity index (χ3n) is 3.36. The highest BCUT2D eigenvalue weighted by Gasteiger charge is 2.18. The summed E-state index contributed by atoms with van der Waals surface area (Å²) in [7, 11) is 0. The van der Waals surface area contributed by atoms with Gasteiger partial charge in [0.1, 0.15) is 0 Å². The van der Waals surface area contributed by atoms with E-state index in [9.17, 15) is 9.59 Å². The van der Waals surface area contributed by atoms with Crippen LogP contribution in [-0.4, -0.2) is 29.8 Å². The number of hydrogen-bond acceptors (Lipinski definition) is 2. The van der Waals surface area contributed by atoms with Crippen molar-refractivity contribution >= 4 is 17.5 Å². The minimum atomic E-state index is -0.0393. The van der Waals surface area contributed by atoms with E-state index in [0.717, 1.165) is 25.9 Å². The summed E-state index contributed by atoms with van der Waals surface area (Å²) in [6, 6.07) is 7.17. The van der Waals surface area contributed by atoms with Crippen molar-refractivity contribution in [2.45, 2.75) is 32.6 Å². The zero-order chi connectivity index (χ0) is 13.7. The van der Waals surface area contributed by atoms with Crippen LogP contribution in [0, 0.1) is 0 Å². The molecule has 4 nitrogen and oxygen atoms in total. The number of piperidine rings is 1. The Morgan fingerprint density at radius 2 is 1.95 bits per heavy atom. The molecule has 1 aromatic carbocycles. The van der Waals surface area contributed by atoms with E-state index in [4.69, 9.17) is 0 Å². The molecule has 19 heavy (non-hydrogen) atoms. The minimum absolute atomic E-state index is 0.0393. The number of hydrogen-bond donors (Lipinski definition) is 1. The van der Waals surface area contributed by atoms with Gasteiger partial charge in [0.05, 0.1) is 0 Å². The summed E-state index contributed by atoms with van der Waals surface area (Å²) >= 11 is 0. The Labute approximate surface area is 113 Å². The second-order valence-corrected chi connectivity index (χ2v) is 4.84. The van der Waals surface area contributed by atoms with E-state index in [0.29, 0.717) is 17.7 Å². The average Bonchev–Trinajstić information content (AvgIpc) is 2.47. The van der Waals surface area contributed by atoms with Gasteiger partial charge in [-0.15, -0.1) is 0 Å². The Morgan fingerprint density at radius 1 is 1.21 bits per heavy atom. The SMILES string of the molecule is CCC(=O)Nc1cccc(C(=O)N2CCCCC2)c1. The highest BCUT2D eigenvalue weighted by atomic mass is 16.2. The number of nitrogens with one attached hydrogen (secondary N) is 1. The van der Waals surface area contributed by atoms with E-state index >= 15 is 0 Å². The van der Waals surface area contributed by atoms with Gasteiger partial charge in [-0.3, -0.25) is 9.59 Å². The van der Waals surface area contributed by atoms with Gasteiger partial charge in [0.25, 0.3) is 5.91 Å². The average molecular weight is 260 g/mol. The highest BCUT2D eigenvalue weighted by molar-refractivity contribution is 5.97. The normalized spacial score (nSPS) is 15.1. The van der Waals surface area contributed by atoms with Crippen LogP contribution in [-0.2, 0) is 4.79 Å². The molecule has 0 spiro atoms. The van der Waals surface area contributed by atoms with E-state index in [1.54, 1.807) is 25.1 Å². The minimum Gasteiger partial charge on any atom is -0.339 e. The Balaban J connectivity index is 2.09. The lowest BCUT2D eigenvalue weighted by atomic mass is 10.1. The van der Waals surface area contributed by atoms with Gasteiger partial charge in [-0.2, -0.15) is 0 Å². The lowest BCUT2D eigenvalue weighted by Gasteiger charge is -2.26. The smallest absolute Gasteiger partial charge is 0.253 e. The van der Waals surface area contributed by atoms with Gasteiger partial charge in [0.2, 0.25) is 5.91 Å². The van der Waals surface area contributed by atoms with Crippen LogP contribution in [0.4, 0.5) is 5.69 Å². The van der Waals surface area contributed by atoms with Gasteiger partial charge in [0.15, 0.2) is 0 Å². The Hall–Kier alpha value is -1.84. The van der Waals surface area contributed by atoms with Crippen LogP contribution in [0.2, 0.25) is 0 Å². The molecule has 0 atom stereocenters. The summed E-state index contributed by atoms with van der Waals surface area (Å²) in [6.45, 7) is 3.48. The molecule has 1 saturated heterocycles. The summed E-state index contributed by atoms with van der Waals surface area (Å²) < 4.78 is 0. The number of anilines is 1. The second kappa shape index (κ2) is 6.36. The Kier molecular flexibility index (Phi) is 4.55. The molecule has 0 saturated carbocycles. The molecule has 2 amide bonds. The predicted molar refractivity (Wildman–Crippen MR) is 75.1 cm³/mol. The zero-order valence-electron chi connectivity index (χ0n) is 11.3. The molecule has 2 rings (SSSR count). The standard InChI is InChI=1S/C15H20N2O2/c1-2-14(18)16-13-8-6-7-12(11-13)15(19)17-9-4-3-5-10-17/h6-8,11H,2-5,9-10H2,1H3,(H,16,18). The molecule has 1 aliphatic heterocycles. The fourth-order valence-corrected chi connectivity index (χ4v) is 2.26. The summed E-state index contributed by atoms with van der Waals surface area (Å²) in [5.74, 6) is 0.0230. The number of carbonyl (C=O) groups is 2. The van der Waals surface area contributed by atoms with Gasteiger partial charge >= 0.3 is 0 Å². The molecule has 0 aromatic heterocycles. The van der Waals surface area contributed by atoms with Crippen LogP contribution in [0.3, 0.4) is 0 Å². The maximum atomic E-state index is 12.3. The van der Waals surface area contributed by atoms with Crippen molar-refractivity contribution in [3.63, 3.8) is 0 Å². The molecule has 1 fully saturated rings. The van der Waals surface area contributed by atoms with Crippen LogP contribution in [0.1, 0.15) is 43.0 Å². The quantitative estimate of drug-likeness (QED) is 0.908. The van der Waals surface area contributed by atoms with Gasteiger partial charge < -0.3 is 10.2 Å². The lowest BCUT2D eigenvalue weighted by molar-refractivity contribution is -0.115. The van der Waals surface area contributed by atoms with Crippen molar-refractivity contribution in [2.75, 3.05) is 18.4 Å². The topological polar surface area (TPSA) is 49.4 Å². The van der Waals surface area contributed by atoms with Crippen LogP contribution in [0.5, 0.6) is 0 Å². The maximum Gasteiger partial charge on any atom is 0.253 e. The number of rotatable bonds is 3. The van der Waals surface area contributed by atoms with Crippen molar-refractivity contribution in [3.8, 4) is 0 Å². The molecule has 0 bridgehead atoms. The molecular formula is C15H20N2O2. The number of carbonyl (C=O) groups excluding carboxylic acids is 2. The van der Waals surface area contributed by atoms with Gasteiger partial charge in [-0.25, -0.2) is 0 Å². The molecule has 0 aliphatic carbocycles. The number of nitrogens with zero attached hydrogens (tertiary/aromatic N) is 1. The van der Waals surface area contributed by atoms with Gasteiger partial charge in [-0.1, -0.05) is 13.0 Å². The molecule has 1 N–H and O–H groups in total. The molecule has 0 unspecified atom stereocenters. The van der Waals surface area contributed by atoms with E-state index in [1.165, 1.54) is 6.42 Å².